The van der Waals surface area contributed by atoms with Crippen LogP contribution in [0.4, 0.5) is 4.79 Å². The molecule has 0 atom stereocenters. The van der Waals surface area contributed by atoms with Crippen LogP contribution in [0.15, 0.2) is 12.7 Å². The highest BCUT2D eigenvalue weighted by Gasteiger charge is 2.20. The van der Waals surface area contributed by atoms with Crippen molar-refractivity contribution >= 4 is 24.6 Å². The fraction of sp³-hybridized carbons (Fsp3) is 0.500. The highest BCUT2D eigenvalue weighted by molar-refractivity contribution is 7.80. The van der Waals surface area contributed by atoms with Crippen molar-refractivity contribution in [2.75, 3.05) is 25.4 Å². The summed E-state index contributed by atoms with van der Waals surface area (Å²) in [6.45, 7) is 3.42. The Balaban J connectivity index is 4.24. The lowest BCUT2D eigenvalue weighted by atomic mass is 10.5. The van der Waals surface area contributed by atoms with Gasteiger partial charge in [0.25, 0.3) is 0 Å². The summed E-state index contributed by atoms with van der Waals surface area (Å²) >= 11 is 3.92. The first-order valence-corrected chi connectivity index (χ1v) is 4.69. The van der Waals surface area contributed by atoms with Gasteiger partial charge in [0, 0.05) is 12.3 Å². The Morgan fingerprint density at radius 1 is 1.57 bits per heavy atom. The predicted molar refractivity (Wildman–Crippen MR) is 56.2 cm³/mol. The van der Waals surface area contributed by atoms with Crippen LogP contribution < -0.4 is 5.73 Å². The number of nitrogens with two attached hydrogens (primary N) is 1. The van der Waals surface area contributed by atoms with Crippen LogP contribution in [0.25, 0.3) is 0 Å². The quantitative estimate of drug-likeness (QED) is 0.504. The van der Waals surface area contributed by atoms with E-state index in [1.54, 1.807) is 0 Å². The average Bonchev–Trinajstić information content (AvgIpc) is 2.21. The zero-order chi connectivity index (χ0) is 11.0. The maximum Gasteiger partial charge on any atom is 0.416 e. The van der Waals surface area contributed by atoms with Crippen LogP contribution in [0.5, 0.6) is 0 Å². The Labute approximate surface area is 88.3 Å². The van der Waals surface area contributed by atoms with Crippen molar-refractivity contribution in [3.05, 3.63) is 12.7 Å². The van der Waals surface area contributed by atoms with Gasteiger partial charge >= 0.3 is 6.09 Å². The molecule has 2 N–H and O–H groups in total. The molecular formula is C8H14N2O3S. The largest absolute Gasteiger partial charge is 0.445 e. The van der Waals surface area contributed by atoms with E-state index in [0.29, 0.717) is 5.75 Å². The first kappa shape index (κ1) is 13.0. The molecule has 0 aromatic rings. The number of rotatable bonds is 5. The number of ether oxygens (including phenoxy) is 1. The Kier molecular flexibility index (Phi) is 6.87. The SMILES string of the molecule is C=CCOC(=O)N(CCS)C(=O)CN. The summed E-state index contributed by atoms with van der Waals surface area (Å²) in [4.78, 5) is 23.3. The summed E-state index contributed by atoms with van der Waals surface area (Å²) in [5.41, 5.74) is 5.13. The first-order chi connectivity index (χ1) is 6.67. The smallest absolute Gasteiger partial charge is 0.416 e. The summed E-state index contributed by atoms with van der Waals surface area (Å²) in [5, 5.41) is 0. The van der Waals surface area contributed by atoms with Crippen LogP contribution in [0.1, 0.15) is 0 Å². The van der Waals surface area contributed by atoms with Crippen molar-refractivity contribution in [2.45, 2.75) is 0 Å². The van der Waals surface area contributed by atoms with E-state index in [1.165, 1.54) is 6.08 Å². The Morgan fingerprint density at radius 2 is 2.21 bits per heavy atom. The van der Waals surface area contributed by atoms with E-state index < -0.39 is 12.0 Å². The molecule has 5 nitrogen and oxygen atoms in total. The van der Waals surface area contributed by atoms with Crippen molar-refractivity contribution in [3.63, 3.8) is 0 Å². The highest BCUT2D eigenvalue weighted by Crippen LogP contribution is 1.96. The second-order valence-electron chi connectivity index (χ2n) is 2.34. The Morgan fingerprint density at radius 3 is 2.64 bits per heavy atom. The van der Waals surface area contributed by atoms with Crippen LogP contribution >= 0.6 is 12.6 Å². The van der Waals surface area contributed by atoms with Crippen molar-refractivity contribution in [3.8, 4) is 0 Å². The molecule has 0 aliphatic carbocycles. The van der Waals surface area contributed by atoms with Crippen molar-refractivity contribution in [1.29, 1.82) is 0 Å². The van der Waals surface area contributed by atoms with Gasteiger partial charge in [0.05, 0.1) is 6.54 Å². The molecule has 0 unspecified atom stereocenters. The summed E-state index contributed by atoms with van der Waals surface area (Å²) in [6.07, 6.45) is 0.707. The van der Waals surface area contributed by atoms with Crippen LogP contribution in [0, 0.1) is 0 Å². The molecule has 0 aliphatic rings. The van der Waals surface area contributed by atoms with E-state index in [9.17, 15) is 9.59 Å². The molecule has 0 saturated carbocycles. The number of hydrogen-bond donors (Lipinski definition) is 2. The minimum absolute atomic E-state index is 0.0692. The Hall–Kier alpha value is -1.01. The number of imide groups is 1. The molecule has 80 valence electrons. The normalized spacial score (nSPS) is 9.29. The topological polar surface area (TPSA) is 72.6 Å². The van der Waals surface area contributed by atoms with E-state index >= 15 is 0 Å². The van der Waals surface area contributed by atoms with Gasteiger partial charge in [-0.25, -0.2) is 9.69 Å². The number of hydrogen-bond acceptors (Lipinski definition) is 5. The molecule has 0 aromatic heterocycles. The average molecular weight is 218 g/mol. The molecule has 2 amide bonds. The maximum absolute atomic E-state index is 11.2. The van der Waals surface area contributed by atoms with Gasteiger partial charge in [-0.1, -0.05) is 12.7 Å². The minimum Gasteiger partial charge on any atom is -0.445 e. The van der Waals surface area contributed by atoms with Gasteiger partial charge in [0.2, 0.25) is 5.91 Å². The molecule has 0 saturated heterocycles. The molecule has 0 aromatic carbocycles. The molecule has 0 aliphatic heterocycles. The van der Waals surface area contributed by atoms with Gasteiger partial charge in [-0.3, -0.25) is 4.79 Å². The second-order valence-corrected chi connectivity index (χ2v) is 2.79. The van der Waals surface area contributed by atoms with Crippen molar-refractivity contribution < 1.29 is 14.3 Å². The molecule has 6 heteroatoms. The fourth-order valence-corrected chi connectivity index (χ4v) is 0.936. The molecule has 0 spiro atoms. The van der Waals surface area contributed by atoms with Crippen molar-refractivity contribution in [1.82, 2.24) is 4.90 Å². The van der Waals surface area contributed by atoms with Gasteiger partial charge in [-0.2, -0.15) is 12.6 Å². The molecular weight excluding hydrogens is 204 g/mol. The molecule has 0 fully saturated rings. The summed E-state index contributed by atoms with van der Waals surface area (Å²) in [6, 6.07) is 0. The monoisotopic (exact) mass is 218 g/mol. The van der Waals surface area contributed by atoms with E-state index in [0.717, 1.165) is 4.90 Å². The summed E-state index contributed by atoms with van der Waals surface area (Å²) in [5.74, 6) is -0.109. The third kappa shape index (κ3) is 4.29. The lowest BCUT2D eigenvalue weighted by Crippen LogP contribution is -2.42. The van der Waals surface area contributed by atoms with Crippen LogP contribution in [0.3, 0.4) is 0 Å². The number of thiol groups is 1. The predicted octanol–water partition coefficient (Wildman–Crippen LogP) is 0.0261. The number of amides is 2. The fourth-order valence-electron chi connectivity index (χ4n) is 0.736. The second kappa shape index (κ2) is 7.40. The third-order valence-corrected chi connectivity index (χ3v) is 1.54. The van der Waals surface area contributed by atoms with Gasteiger partial charge in [-0.15, -0.1) is 0 Å². The van der Waals surface area contributed by atoms with E-state index in [1.807, 2.05) is 0 Å². The molecule has 0 heterocycles. The van der Waals surface area contributed by atoms with Crippen LogP contribution in [-0.4, -0.2) is 42.3 Å². The lowest BCUT2D eigenvalue weighted by Gasteiger charge is -2.17. The van der Waals surface area contributed by atoms with Gasteiger partial charge in [-0.05, 0) is 0 Å². The number of carbonyl (C=O) groups excluding carboxylic acids is 2. The van der Waals surface area contributed by atoms with E-state index in [-0.39, 0.29) is 19.7 Å². The standard InChI is InChI=1S/C8H14N2O3S/c1-2-4-13-8(12)10(3-5-14)7(11)6-9/h2,14H,1,3-6,9H2. The minimum atomic E-state index is -0.714. The summed E-state index contributed by atoms with van der Waals surface area (Å²) < 4.78 is 4.69. The Bertz CT molecular complexity index is 221. The van der Waals surface area contributed by atoms with Crippen molar-refractivity contribution in [2.24, 2.45) is 5.73 Å². The molecule has 0 bridgehead atoms. The molecule has 0 radical (unpaired) electrons. The van der Waals surface area contributed by atoms with E-state index in [4.69, 9.17) is 5.73 Å². The number of carbonyl (C=O) groups is 2. The maximum atomic E-state index is 11.2. The lowest BCUT2D eigenvalue weighted by molar-refractivity contribution is -0.127. The number of nitrogens with zero attached hydrogens (tertiary/aromatic N) is 1. The zero-order valence-corrected chi connectivity index (χ0v) is 8.70. The highest BCUT2D eigenvalue weighted by atomic mass is 32.1. The van der Waals surface area contributed by atoms with Crippen LogP contribution in [-0.2, 0) is 9.53 Å². The first-order valence-electron chi connectivity index (χ1n) is 4.06. The van der Waals surface area contributed by atoms with Gasteiger partial charge in [0.15, 0.2) is 0 Å². The van der Waals surface area contributed by atoms with Crippen LogP contribution in [0.2, 0.25) is 0 Å². The zero-order valence-electron chi connectivity index (χ0n) is 7.81. The molecule has 14 heavy (non-hydrogen) atoms. The third-order valence-electron chi connectivity index (χ3n) is 1.34. The van der Waals surface area contributed by atoms with E-state index in [2.05, 4.69) is 23.9 Å². The van der Waals surface area contributed by atoms with Gasteiger partial charge in [0.1, 0.15) is 6.61 Å². The van der Waals surface area contributed by atoms with Gasteiger partial charge < -0.3 is 10.5 Å². The summed E-state index contributed by atoms with van der Waals surface area (Å²) in [7, 11) is 0. The molecule has 0 rings (SSSR count).